The van der Waals surface area contributed by atoms with Gasteiger partial charge in [-0.2, -0.15) is 0 Å². The van der Waals surface area contributed by atoms with Crippen LogP contribution in [0, 0.1) is 34.5 Å². The lowest BCUT2D eigenvalue weighted by molar-refractivity contribution is -0.152. The summed E-state index contributed by atoms with van der Waals surface area (Å²) in [4.78, 5) is 23.8. The van der Waals surface area contributed by atoms with Crippen molar-refractivity contribution in [3.05, 3.63) is 11.8 Å². The maximum atomic E-state index is 12.1. The molecule has 3 fully saturated rings. The predicted octanol–water partition coefficient (Wildman–Crippen LogP) is 4.27. The average molecular weight is 316 g/mol. The van der Waals surface area contributed by atoms with Crippen LogP contribution in [-0.4, -0.2) is 11.8 Å². The van der Waals surface area contributed by atoms with Crippen molar-refractivity contribution in [2.45, 2.75) is 65.7 Å². The summed E-state index contributed by atoms with van der Waals surface area (Å²) in [5, 5.41) is 0. The van der Waals surface area contributed by atoms with Gasteiger partial charge in [0.15, 0.2) is 0 Å². The van der Waals surface area contributed by atoms with Gasteiger partial charge >= 0.3 is 5.97 Å². The third kappa shape index (κ3) is 2.01. The van der Waals surface area contributed by atoms with Crippen molar-refractivity contribution >= 4 is 11.8 Å². The largest absolute Gasteiger partial charge is 0.431 e. The van der Waals surface area contributed by atoms with Crippen molar-refractivity contribution in [3.8, 4) is 0 Å². The molecule has 0 radical (unpaired) electrons. The molecule has 1 saturated heterocycles. The summed E-state index contributed by atoms with van der Waals surface area (Å²) in [5.74, 6) is 3.45. The molecule has 0 spiro atoms. The Balaban J connectivity index is 1.67. The first-order chi connectivity index (χ1) is 10.9. The molecule has 4 rings (SSSR count). The molecule has 0 unspecified atom stereocenters. The number of ketones is 1. The fourth-order valence-corrected chi connectivity index (χ4v) is 6.74. The number of carbonyl (C=O) groups excluding carboxylic acids is 2. The molecule has 1 aliphatic heterocycles. The fourth-order valence-electron chi connectivity index (χ4n) is 6.74. The zero-order valence-corrected chi connectivity index (χ0v) is 14.6. The lowest BCUT2D eigenvalue weighted by Crippen LogP contribution is -2.51. The molecule has 0 N–H and O–H groups in total. The van der Waals surface area contributed by atoms with E-state index in [1.54, 1.807) is 6.92 Å². The Morgan fingerprint density at radius 1 is 1.17 bits per heavy atom. The first kappa shape index (κ1) is 15.4. The van der Waals surface area contributed by atoms with Crippen LogP contribution in [0.25, 0.3) is 0 Å². The molecule has 0 bridgehead atoms. The second kappa shape index (κ2) is 4.94. The number of rotatable bonds is 1. The number of ether oxygens (including phenoxy) is 1. The molecule has 2 saturated carbocycles. The van der Waals surface area contributed by atoms with E-state index in [1.807, 2.05) is 0 Å². The molecular weight excluding hydrogens is 288 g/mol. The molecule has 0 aromatic heterocycles. The molecule has 0 aromatic rings. The van der Waals surface area contributed by atoms with Crippen LogP contribution in [-0.2, 0) is 14.3 Å². The zero-order valence-electron chi connectivity index (χ0n) is 14.6. The summed E-state index contributed by atoms with van der Waals surface area (Å²) in [6, 6.07) is 0. The summed E-state index contributed by atoms with van der Waals surface area (Å²) >= 11 is 0. The van der Waals surface area contributed by atoms with Crippen molar-refractivity contribution in [1.29, 1.82) is 0 Å². The van der Waals surface area contributed by atoms with E-state index in [4.69, 9.17) is 4.74 Å². The molecule has 3 heteroatoms. The van der Waals surface area contributed by atoms with Crippen molar-refractivity contribution in [3.63, 3.8) is 0 Å². The fraction of sp³-hybridized carbons (Fsp3) is 0.800. The maximum Gasteiger partial charge on any atom is 0.310 e. The summed E-state index contributed by atoms with van der Waals surface area (Å²) in [6.07, 6.45) is 9.29. The van der Waals surface area contributed by atoms with Crippen molar-refractivity contribution in [2.24, 2.45) is 34.5 Å². The molecule has 4 aliphatic rings. The second-order valence-electron chi connectivity index (χ2n) is 8.86. The third-order valence-corrected chi connectivity index (χ3v) is 7.96. The summed E-state index contributed by atoms with van der Waals surface area (Å²) in [5.41, 5.74) is 0.229. The van der Waals surface area contributed by atoms with Gasteiger partial charge in [0.2, 0.25) is 0 Å². The Morgan fingerprint density at radius 3 is 2.70 bits per heavy atom. The van der Waals surface area contributed by atoms with Crippen LogP contribution in [0.1, 0.15) is 65.7 Å². The van der Waals surface area contributed by atoms with Crippen molar-refractivity contribution in [1.82, 2.24) is 0 Å². The molecule has 3 aliphatic carbocycles. The van der Waals surface area contributed by atoms with E-state index in [1.165, 1.54) is 12.8 Å². The lowest BCUT2D eigenvalue weighted by Gasteiger charge is -2.56. The molecule has 0 aromatic carbocycles. The Bertz CT molecular complexity index is 592. The minimum absolute atomic E-state index is 0.0342. The molecule has 0 amide bonds. The maximum absolute atomic E-state index is 12.1. The average Bonchev–Trinajstić information content (AvgIpc) is 2.85. The van der Waals surface area contributed by atoms with Gasteiger partial charge in [-0.1, -0.05) is 13.8 Å². The topological polar surface area (TPSA) is 43.4 Å². The number of Topliss-reactive ketones (excluding diaryl/α,β-unsaturated/α-hetero) is 1. The Kier molecular flexibility index (Phi) is 3.31. The van der Waals surface area contributed by atoms with Gasteiger partial charge in [-0.3, -0.25) is 9.59 Å². The van der Waals surface area contributed by atoms with Crippen LogP contribution >= 0.6 is 0 Å². The van der Waals surface area contributed by atoms with Crippen molar-refractivity contribution < 1.29 is 14.3 Å². The minimum Gasteiger partial charge on any atom is -0.431 e. The number of fused-ring (bicyclic) bond motifs is 5. The van der Waals surface area contributed by atoms with E-state index in [0.29, 0.717) is 30.0 Å². The Morgan fingerprint density at radius 2 is 1.96 bits per heavy atom. The van der Waals surface area contributed by atoms with Gasteiger partial charge in [-0.15, -0.1) is 0 Å². The van der Waals surface area contributed by atoms with Gasteiger partial charge in [-0.25, -0.2) is 0 Å². The number of allylic oxidation sites excluding steroid dienone is 2. The first-order valence-corrected chi connectivity index (χ1v) is 9.28. The van der Waals surface area contributed by atoms with Gasteiger partial charge in [0, 0.05) is 17.8 Å². The number of hydrogen-bond donors (Lipinski definition) is 0. The van der Waals surface area contributed by atoms with Crippen LogP contribution < -0.4 is 0 Å². The smallest absolute Gasteiger partial charge is 0.310 e. The normalized spacial score (nSPS) is 48.7. The van der Waals surface area contributed by atoms with E-state index in [9.17, 15) is 9.59 Å². The van der Waals surface area contributed by atoms with Gasteiger partial charge in [-0.05, 0) is 74.7 Å². The lowest BCUT2D eigenvalue weighted by atomic mass is 9.49. The van der Waals surface area contributed by atoms with Crippen LogP contribution in [0.3, 0.4) is 0 Å². The van der Waals surface area contributed by atoms with Crippen LogP contribution in [0.4, 0.5) is 0 Å². The molecule has 23 heavy (non-hydrogen) atoms. The zero-order chi connectivity index (χ0) is 16.4. The molecule has 6 atom stereocenters. The minimum atomic E-state index is -0.0645. The van der Waals surface area contributed by atoms with Crippen molar-refractivity contribution in [2.75, 3.05) is 0 Å². The van der Waals surface area contributed by atoms with E-state index in [2.05, 4.69) is 19.9 Å². The first-order valence-electron chi connectivity index (χ1n) is 9.28. The predicted molar refractivity (Wildman–Crippen MR) is 87.3 cm³/mol. The summed E-state index contributed by atoms with van der Waals surface area (Å²) in [6.45, 7) is 6.46. The van der Waals surface area contributed by atoms with Gasteiger partial charge < -0.3 is 4.74 Å². The molecule has 1 heterocycles. The highest BCUT2D eigenvalue weighted by Crippen LogP contribution is 2.65. The van der Waals surface area contributed by atoms with Crippen LogP contribution in [0.15, 0.2) is 11.8 Å². The molecular formula is C20H28O3. The highest BCUT2D eigenvalue weighted by atomic mass is 16.5. The van der Waals surface area contributed by atoms with Crippen LogP contribution in [0.2, 0.25) is 0 Å². The molecule has 126 valence electrons. The number of esters is 1. The van der Waals surface area contributed by atoms with E-state index < -0.39 is 0 Å². The summed E-state index contributed by atoms with van der Waals surface area (Å²) < 4.78 is 5.61. The molecule has 3 nitrogen and oxygen atoms in total. The van der Waals surface area contributed by atoms with E-state index in [0.717, 1.165) is 31.4 Å². The van der Waals surface area contributed by atoms with E-state index >= 15 is 0 Å². The van der Waals surface area contributed by atoms with Gasteiger partial charge in [0.05, 0.1) is 0 Å². The second-order valence-corrected chi connectivity index (χ2v) is 8.86. The standard InChI is InChI=1S/C20H28O3/c1-12(21)14-5-6-15-13-4-7-17-20(3,11-9-18(22)23-17)16(13)8-10-19(14,15)2/h7,13-16H,4-6,8-11H2,1-3H3/t13-,14+,15+,16+,19+,20+/m0/s1. The van der Waals surface area contributed by atoms with Gasteiger partial charge in [0.1, 0.15) is 11.5 Å². The number of carbonyl (C=O) groups is 2. The monoisotopic (exact) mass is 316 g/mol. The third-order valence-electron chi connectivity index (χ3n) is 7.96. The summed E-state index contributed by atoms with van der Waals surface area (Å²) in [7, 11) is 0. The van der Waals surface area contributed by atoms with Crippen LogP contribution in [0.5, 0.6) is 0 Å². The Hall–Kier alpha value is -1.12. The highest BCUT2D eigenvalue weighted by molar-refractivity contribution is 5.79. The number of hydrogen-bond acceptors (Lipinski definition) is 3. The SMILES string of the molecule is CC(=O)[C@H]1CC[C@@H]2[C@@H]3CC=C4OC(=O)CC[C@]4(C)[C@@H]3CC[C@]12C. The quantitative estimate of drug-likeness (QED) is 0.679. The highest BCUT2D eigenvalue weighted by Gasteiger charge is 2.60. The van der Waals surface area contributed by atoms with E-state index in [-0.39, 0.29) is 22.7 Å². The van der Waals surface area contributed by atoms with Gasteiger partial charge in [0.25, 0.3) is 0 Å². The Labute approximate surface area is 138 Å².